The monoisotopic (exact) mass is 458 g/mol. The van der Waals surface area contributed by atoms with Crippen molar-refractivity contribution in [3.63, 3.8) is 0 Å². The van der Waals surface area contributed by atoms with Crippen molar-refractivity contribution < 1.29 is 31.9 Å². The number of non-ortho nitro benzene ring substituents is 1. The van der Waals surface area contributed by atoms with Gasteiger partial charge in [0.1, 0.15) is 11.5 Å². The van der Waals surface area contributed by atoms with Gasteiger partial charge in [0, 0.05) is 25.0 Å². The number of hydrogen-bond acceptors (Lipinski definition) is 8. The maximum absolute atomic E-state index is 12.7. The fraction of sp³-hybridized carbons (Fsp3) is 0.238. The Hall–Kier alpha value is -3.73. The number of β-lactam (4-membered cyclic amide) rings is 1. The predicted octanol–water partition coefficient (Wildman–Crippen LogP) is 2.57. The molecule has 0 saturated carbocycles. The lowest BCUT2D eigenvalue weighted by atomic mass is 10.0. The largest absolute Gasteiger partial charge is 0.456 e. The zero-order valence-corrected chi connectivity index (χ0v) is 17.7. The second-order valence-corrected chi connectivity index (χ2v) is 8.99. The normalized spacial score (nSPS) is 17.6. The molecule has 1 fully saturated rings. The molecule has 10 nitrogen and oxygen atoms in total. The highest BCUT2D eigenvalue weighted by molar-refractivity contribution is 7.86. The van der Waals surface area contributed by atoms with E-state index in [-0.39, 0.29) is 53.4 Å². The van der Waals surface area contributed by atoms with Crippen molar-refractivity contribution in [3.05, 3.63) is 81.2 Å². The van der Waals surface area contributed by atoms with Gasteiger partial charge in [0.25, 0.3) is 5.69 Å². The number of carbonyl (C=O) groups excluding carboxylic acids is 2. The number of carbonyl (C=O) groups is 2. The molecule has 2 aromatic carbocycles. The Balaban J connectivity index is 1.54. The van der Waals surface area contributed by atoms with Gasteiger partial charge in [-0.3, -0.25) is 19.8 Å². The first-order valence-electron chi connectivity index (χ1n) is 9.62. The Bertz CT molecular complexity index is 1230. The number of fused-ring (bicyclic) bond motifs is 1. The Morgan fingerprint density at radius 2 is 1.78 bits per heavy atom. The van der Waals surface area contributed by atoms with Gasteiger partial charge in [-0.2, -0.15) is 8.42 Å². The van der Waals surface area contributed by atoms with E-state index in [1.807, 2.05) is 6.92 Å². The third kappa shape index (κ3) is 4.06. The van der Waals surface area contributed by atoms with Gasteiger partial charge in [0.15, 0.2) is 11.5 Å². The van der Waals surface area contributed by atoms with Crippen LogP contribution in [0.15, 0.2) is 64.9 Å². The molecule has 2 heterocycles. The highest BCUT2D eigenvalue weighted by atomic mass is 32.2. The Morgan fingerprint density at radius 3 is 2.38 bits per heavy atom. The van der Waals surface area contributed by atoms with Crippen molar-refractivity contribution in [2.24, 2.45) is 0 Å². The molecule has 166 valence electrons. The van der Waals surface area contributed by atoms with E-state index < -0.39 is 21.0 Å². The van der Waals surface area contributed by atoms with Crippen LogP contribution in [0.3, 0.4) is 0 Å². The lowest BCUT2D eigenvalue weighted by Gasteiger charge is -2.34. The van der Waals surface area contributed by atoms with E-state index in [2.05, 4.69) is 0 Å². The first-order valence-corrected chi connectivity index (χ1v) is 11.0. The van der Waals surface area contributed by atoms with Crippen molar-refractivity contribution in [2.75, 3.05) is 0 Å². The summed E-state index contributed by atoms with van der Waals surface area (Å²) in [6.07, 6.45) is 0.259. The molecule has 4 rings (SSSR count). The summed E-state index contributed by atoms with van der Waals surface area (Å²) in [7, 11) is -4.21. The number of amides is 1. The second-order valence-electron chi connectivity index (χ2n) is 7.45. The quantitative estimate of drug-likeness (QED) is 0.203. The number of nitro benzene ring substituents is 1. The van der Waals surface area contributed by atoms with Gasteiger partial charge in [-0.1, -0.05) is 17.7 Å². The highest BCUT2D eigenvalue weighted by Crippen LogP contribution is 2.40. The molecule has 0 unspecified atom stereocenters. The minimum Gasteiger partial charge on any atom is -0.456 e. The summed E-state index contributed by atoms with van der Waals surface area (Å²) in [5, 5.41) is 10.7. The summed E-state index contributed by atoms with van der Waals surface area (Å²) in [6.45, 7) is 1.59. The predicted molar refractivity (Wildman–Crippen MR) is 109 cm³/mol. The fourth-order valence-corrected chi connectivity index (χ4v) is 4.48. The first kappa shape index (κ1) is 21.5. The van der Waals surface area contributed by atoms with Crippen molar-refractivity contribution in [2.45, 2.75) is 37.3 Å². The van der Waals surface area contributed by atoms with E-state index in [1.54, 1.807) is 12.1 Å². The highest BCUT2D eigenvalue weighted by Gasteiger charge is 2.50. The lowest BCUT2D eigenvalue weighted by molar-refractivity contribution is -0.384. The average Bonchev–Trinajstić information content (AvgIpc) is 3.03. The summed E-state index contributed by atoms with van der Waals surface area (Å²) in [4.78, 5) is 36.1. The van der Waals surface area contributed by atoms with Crippen LogP contribution >= 0.6 is 0 Å². The van der Waals surface area contributed by atoms with Crippen LogP contribution in [-0.4, -0.2) is 36.2 Å². The Labute approximate surface area is 183 Å². The molecular weight excluding hydrogens is 440 g/mol. The van der Waals surface area contributed by atoms with Gasteiger partial charge in [0.2, 0.25) is 5.91 Å². The van der Waals surface area contributed by atoms with Gasteiger partial charge in [0.05, 0.1) is 11.0 Å². The van der Waals surface area contributed by atoms with Crippen LogP contribution in [-0.2, 0) is 35.2 Å². The van der Waals surface area contributed by atoms with Crippen LogP contribution in [0, 0.1) is 17.0 Å². The maximum atomic E-state index is 12.7. The number of nitrogens with zero attached hydrogens (tertiary/aromatic N) is 2. The number of ether oxygens (including phenoxy) is 1. The average molecular weight is 458 g/mol. The number of hydrogen-bond donors (Lipinski definition) is 0. The molecule has 32 heavy (non-hydrogen) atoms. The molecule has 0 radical (unpaired) electrons. The molecule has 1 amide bonds. The van der Waals surface area contributed by atoms with Crippen molar-refractivity contribution in [1.82, 2.24) is 4.90 Å². The fourth-order valence-electron chi connectivity index (χ4n) is 3.50. The van der Waals surface area contributed by atoms with E-state index in [9.17, 15) is 28.1 Å². The number of esters is 1. The van der Waals surface area contributed by atoms with E-state index in [4.69, 9.17) is 8.92 Å². The third-order valence-corrected chi connectivity index (χ3v) is 6.47. The molecule has 1 saturated heterocycles. The Morgan fingerprint density at radius 1 is 1.12 bits per heavy atom. The summed E-state index contributed by atoms with van der Waals surface area (Å²) in [5.41, 5.74) is 1.02. The molecule has 2 aliphatic rings. The van der Waals surface area contributed by atoms with Crippen LogP contribution in [0.4, 0.5) is 5.69 Å². The van der Waals surface area contributed by atoms with Gasteiger partial charge in [-0.05, 0) is 36.8 Å². The van der Waals surface area contributed by atoms with Crippen LogP contribution in [0.1, 0.15) is 24.0 Å². The number of rotatable bonds is 7. The molecule has 11 heteroatoms. The minimum atomic E-state index is -4.21. The zero-order valence-electron chi connectivity index (χ0n) is 16.9. The van der Waals surface area contributed by atoms with E-state index >= 15 is 0 Å². The summed E-state index contributed by atoms with van der Waals surface area (Å²) in [5.74, 6) is -1.38. The van der Waals surface area contributed by atoms with Crippen molar-refractivity contribution in [1.29, 1.82) is 0 Å². The molecule has 0 aromatic heterocycles. The van der Waals surface area contributed by atoms with Crippen LogP contribution in [0.25, 0.3) is 0 Å². The lowest BCUT2D eigenvalue weighted by Crippen LogP contribution is -2.49. The molecule has 0 aliphatic carbocycles. The molecular formula is C21H18N2O8S. The summed E-state index contributed by atoms with van der Waals surface area (Å²) in [6, 6.07) is 11.1. The van der Waals surface area contributed by atoms with Gasteiger partial charge in [-0.15, -0.1) is 0 Å². The van der Waals surface area contributed by atoms with Crippen molar-refractivity contribution in [3.8, 4) is 0 Å². The summed E-state index contributed by atoms with van der Waals surface area (Å²) >= 11 is 0. The smallest absolute Gasteiger partial charge is 0.358 e. The third-order valence-electron chi connectivity index (χ3n) is 5.20. The van der Waals surface area contributed by atoms with E-state index in [1.165, 1.54) is 41.3 Å². The van der Waals surface area contributed by atoms with Crippen LogP contribution in [0.5, 0.6) is 0 Å². The Kier molecular flexibility index (Phi) is 5.43. The molecule has 2 aromatic rings. The van der Waals surface area contributed by atoms with Crippen LogP contribution in [0.2, 0.25) is 0 Å². The topological polar surface area (TPSA) is 133 Å². The SMILES string of the molecule is Cc1ccc(S(=O)(=O)OC2=C(C(=O)OCc3ccc([N+](=O)[O-])cc3)N3C(=O)C[C@H]3C2)cc1. The molecule has 0 N–H and O–H groups in total. The van der Waals surface area contributed by atoms with E-state index in [0.717, 1.165) is 5.56 Å². The second kappa shape index (κ2) is 8.08. The standard InChI is InChI=1S/C21H18N2O8S/c1-13-2-8-17(9-3-13)32(28,29)31-18-10-16-11-19(24)22(16)20(18)21(25)30-12-14-4-6-15(7-5-14)23(26)27/h2-9,16H,10-12H2,1H3/t16-/m1/s1. The summed E-state index contributed by atoms with van der Waals surface area (Å²) < 4.78 is 35.9. The molecule has 0 bridgehead atoms. The van der Waals surface area contributed by atoms with Gasteiger partial charge >= 0.3 is 16.1 Å². The first-order chi connectivity index (χ1) is 15.2. The molecule has 2 aliphatic heterocycles. The molecule has 1 atom stereocenters. The van der Waals surface area contributed by atoms with Crippen LogP contribution < -0.4 is 0 Å². The number of benzene rings is 2. The van der Waals surface area contributed by atoms with Crippen molar-refractivity contribution >= 4 is 27.7 Å². The molecule has 0 spiro atoms. The minimum absolute atomic E-state index is 0.0743. The van der Waals surface area contributed by atoms with Gasteiger partial charge in [-0.25, -0.2) is 4.79 Å². The number of aryl methyl sites for hydroxylation is 1. The number of nitro groups is 1. The van der Waals surface area contributed by atoms with E-state index in [0.29, 0.717) is 5.56 Å². The maximum Gasteiger partial charge on any atom is 0.358 e. The zero-order chi connectivity index (χ0) is 23.0. The van der Waals surface area contributed by atoms with Gasteiger partial charge < -0.3 is 8.92 Å².